The number of carbonyl (C=O) groups is 2. The molecule has 224 valence electrons. The number of nitrogens with one attached hydrogen (secondary N) is 1. The molecule has 43 heavy (non-hydrogen) atoms. The second kappa shape index (κ2) is 13.6. The second-order valence-corrected chi connectivity index (χ2v) is 11.3. The maximum atomic E-state index is 13.3. The topological polar surface area (TPSA) is 108 Å². The van der Waals surface area contributed by atoms with E-state index in [1.54, 1.807) is 34.9 Å². The SMILES string of the molecule is COc1cc(C(=O)NCc2nnc(SCC(=O)N3CCCc4ccccc43)n2-c2ccc(Cl)c(Cl)c2)cc(OC)c1OC. The zero-order valence-electron chi connectivity index (χ0n) is 23.7. The molecule has 2 amide bonds. The lowest BCUT2D eigenvalue weighted by molar-refractivity contribution is -0.116. The van der Waals surface area contributed by atoms with Crippen molar-refractivity contribution < 1.29 is 23.8 Å². The fraction of sp³-hybridized carbons (Fsp3) is 0.267. The number of halogens is 2. The fourth-order valence-electron chi connectivity index (χ4n) is 4.86. The summed E-state index contributed by atoms with van der Waals surface area (Å²) in [5.74, 6) is 1.24. The quantitative estimate of drug-likeness (QED) is 0.223. The molecule has 4 aromatic rings. The van der Waals surface area contributed by atoms with Crippen molar-refractivity contribution in [3.05, 3.63) is 81.6 Å². The molecule has 0 radical (unpaired) electrons. The van der Waals surface area contributed by atoms with Gasteiger partial charge in [0.25, 0.3) is 5.91 Å². The number of nitrogens with zero attached hydrogens (tertiary/aromatic N) is 4. The number of para-hydroxylation sites is 1. The summed E-state index contributed by atoms with van der Waals surface area (Å²) in [7, 11) is 4.45. The first-order chi connectivity index (χ1) is 20.8. The molecular weight excluding hydrogens is 613 g/mol. The molecule has 3 aromatic carbocycles. The van der Waals surface area contributed by atoms with Crippen LogP contribution in [0.3, 0.4) is 0 Å². The summed E-state index contributed by atoms with van der Waals surface area (Å²) >= 11 is 13.8. The van der Waals surface area contributed by atoms with Crippen LogP contribution in [-0.2, 0) is 17.8 Å². The number of anilines is 1. The summed E-state index contributed by atoms with van der Waals surface area (Å²) in [6.45, 7) is 0.685. The normalized spacial score (nSPS) is 12.4. The smallest absolute Gasteiger partial charge is 0.251 e. The molecule has 0 saturated carbocycles. The van der Waals surface area contributed by atoms with Crippen LogP contribution >= 0.6 is 35.0 Å². The molecule has 1 aliphatic rings. The molecule has 0 saturated heterocycles. The fourth-order valence-corrected chi connectivity index (χ4v) is 6.00. The van der Waals surface area contributed by atoms with E-state index in [1.807, 2.05) is 23.1 Å². The first kappa shape index (κ1) is 30.5. The highest BCUT2D eigenvalue weighted by molar-refractivity contribution is 7.99. The van der Waals surface area contributed by atoms with Crippen LogP contribution in [0.1, 0.15) is 28.2 Å². The third-order valence-corrected chi connectivity index (χ3v) is 8.58. The summed E-state index contributed by atoms with van der Waals surface area (Å²) in [6.07, 6.45) is 1.85. The van der Waals surface area contributed by atoms with Crippen LogP contribution in [0.5, 0.6) is 17.2 Å². The van der Waals surface area contributed by atoms with E-state index in [0.717, 1.165) is 24.1 Å². The maximum absolute atomic E-state index is 13.3. The molecule has 0 fully saturated rings. The number of aromatic nitrogens is 3. The van der Waals surface area contributed by atoms with Crippen molar-refractivity contribution in [2.24, 2.45) is 0 Å². The zero-order chi connectivity index (χ0) is 30.5. The first-order valence-electron chi connectivity index (χ1n) is 13.3. The lowest BCUT2D eigenvalue weighted by Gasteiger charge is -2.29. The van der Waals surface area contributed by atoms with Gasteiger partial charge in [0.1, 0.15) is 0 Å². The molecule has 0 aliphatic carbocycles. The van der Waals surface area contributed by atoms with E-state index in [2.05, 4.69) is 21.6 Å². The van der Waals surface area contributed by atoms with Gasteiger partial charge in [-0.15, -0.1) is 10.2 Å². The molecule has 1 aliphatic heterocycles. The van der Waals surface area contributed by atoms with Gasteiger partial charge in [-0.2, -0.15) is 0 Å². The Morgan fingerprint density at radius 2 is 1.70 bits per heavy atom. The number of hydrogen-bond acceptors (Lipinski definition) is 8. The van der Waals surface area contributed by atoms with Crippen molar-refractivity contribution in [3.8, 4) is 22.9 Å². The largest absolute Gasteiger partial charge is 0.493 e. The van der Waals surface area contributed by atoms with Gasteiger partial charge in [0.15, 0.2) is 22.5 Å². The third kappa shape index (κ3) is 6.53. The number of fused-ring (bicyclic) bond motifs is 1. The summed E-state index contributed by atoms with van der Waals surface area (Å²) in [4.78, 5) is 28.3. The maximum Gasteiger partial charge on any atom is 0.251 e. The Labute approximate surface area is 263 Å². The lowest BCUT2D eigenvalue weighted by Crippen LogP contribution is -2.36. The average molecular weight is 643 g/mol. The van der Waals surface area contributed by atoms with Crippen LogP contribution in [0.15, 0.2) is 59.8 Å². The Kier molecular flexibility index (Phi) is 9.64. The van der Waals surface area contributed by atoms with E-state index in [9.17, 15) is 9.59 Å². The van der Waals surface area contributed by atoms with Crippen molar-refractivity contribution in [1.82, 2.24) is 20.1 Å². The van der Waals surface area contributed by atoms with Crippen LogP contribution < -0.4 is 24.4 Å². The molecule has 2 heterocycles. The number of methoxy groups -OCH3 is 3. The van der Waals surface area contributed by atoms with Gasteiger partial charge >= 0.3 is 0 Å². The van der Waals surface area contributed by atoms with Gasteiger partial charge in [-0.05, 0) is 54.8 Å². The van der Waals surface area contributed by atoms with Crippen LogP contribution in [0.2, 0.25) is 10.0 Å². The van der Waals surface area contributed by atoms with Crippen molar-refractivity contribution in [3.63, 3.8) is 0 Å². The highest BCUT2D eigenvalue weighted by atomic mass is 35.5. The molecule has 1 N–H and O–H groups in total. The monoisotopic (exact) mass is 641 g/mol. The number of benzene rings is 3. The zero-order valence-corrected chi connectivity index (χ0v) is 26.1. The minimum atomic E-state index is -0.393. The molecule has 0 bridgehead atoms. The van der Waals surface area contributed by atoms with E-state index in [4.69, 9.17) is 37.4 Å². The minimum absolute atomic E-state index is 0.0245. The average Bonchev–Trinajstić information content (AvgIpc) is 3.45. The van der Waals surface area contributed by atoms with Gasteiger partial charge in [-0.3, -0.25) is 14.2 Å². The predicted molar refractivity (Wildman–Crippen MR) is 166 cm³/mol. The van der Waals surface area contributed by atoms with Crippen LogP contribution in [-0.4, -0.2) is 60.2 Å². The molecular formula is C30H29Cl2N5O5S. The number of amides is 2. The summed E-state index contributed by atoms with van der Waals surface area (Å²) < 4.78 is 17.8. The van der Waals surface area contributed by atoms with Gasteiger partial charge < -0.3 is 24.4 Å². The van der Waals surface area contributed by atoms with Gasteiger partial charge in [0.05, 0.1) is 49.4 Å². The highest BCUT2D eigenvalue weighted by Crippen LogP contribution is 2.38. The number of thioether (sulfide) groups is 1. The predicted octanol–water partition coefficient (Wildman–Crippen LogP) is 5.60. The van der Waals surface area contributed by atoms with Gasteiger partial charge in [-0.1, -0.05) is 53.2 Å². The molecule has 0 atom stereocenters. The first-order valence-corrected chi connectivity index (χ1v) is 15.1. The van der Waals surface area contributed by atoms with Crippen LogP contribution in [0, 0.1) is 0 Å². The van der Waals surface area contributed by atoms with Crippen molar-refractivity contribution >= 4 is 52.5 Å². The standard InChI is InChI=1S/C30H29Cl2N5O5S/c1-40-24-13-19(14-25(41-2)28(24)42-3)29(39)33-16-26-34-35-30(37(26)20-10-11-21(31)22(32)15-20)43-17-27(38)36-12-6-8-18-7-4-5-9-23(18)36/h4-5,7,9-11,13-15H,6,8,12,16-17H2,1-3H3,(H,33,39). The summed E-state index contributed by atoms with van der Waals surface area (Å²) in [5, 5.41) is 12.8. The summed E-state index contributed by atoms with van der Waals surface area (Å²) in [5.41, 5.74) is 3.04. The Morgan fingerprint density at radius 3 is 2.40 bits per heavy atom. The van der Waals surface area contributed by atoms with Gasteiger partial charge in [0.2, 0.25) is 11.7 Å². The number of rotatable bonds is 10. The van der Waals surface area contributed by atoms with Gasteiger partial charge in [-0.25, -0.2) is 0 Å². The number of aryl methyl sites for hydroxylation is 1. The van der Waals surface area contributed by atoms with Crippen LogP contribution in [0.4, 0.5) is 5.69 Å². The highest BCUT2D eigenvalue weighted by Gasteiger charge is 2.24. The van der Waals surface area contributed by atoms with Crippen molar-refractivity contribution in [1.29, 1.82) is 0 Å². The number of carbonyl (C=O) groups excluding carboxylic acids is 2. The molecule has 10 nitrogen and oxygen atoms in total. The molecule has 0 unspecified atom stereocenters. The Morgan fingerprint density at radius 1 is 0.953 bits per heavy atom. The molecule has 13 heteroatoms. The van der Waals surface area contributed by atoms with Crippen molar-refractivity contribution in [2.75, 3.05) is 38.5 Å². The Hall–Kier alpha value is -3.93. The lowest BCUT2D eigenvalue weighted by atomic mass is 10.0. The molecule has 0 spiro atoms. The van der Waals surface area contributed by atoms with Gasteiger partial charge in [0, 0.05) is 17.8 Å². The van der Waals surface area contributed by atoms with E-state index in [0.29, 0.717) is 56.1 Å². The minimum Gasteiger partial charge on any atom is -0.493 e. The second-order valence-electron chi connectivity index (χ2n) is 9.50. The van der Waals surface area contributed by atoms with Crippen molar-refractivity contribution in [2.45, 2.75) is 24.5 Å². The van der Waals surface area contributed by atoms with E-state index >= 15 is 0 Å². The van der Waals surface area contributed by atoms with E-state index < -0.39 is 5.91 Å². The van der Waals surface area contributed by atoms with Crippen LogP contribution in [0.25, 0.3) is 5.69 Å². The summed E-state index contributed by atoms with van der Waals surface area (Å²) in [6, 6.07) is 16.2. The Bertz CT molecular complexity index is 1640. The third-order valence-electron chi connectivity index (χ3n) is 6.93. The number of ether oxygens (including phenoxy) is 3. The number of hydrogen-bond donors (Lipinski definition) is 1. The van der Waals surface area contributed by atoms with E-state index in [1.165, 1.54) is 33.1 Å². The molecule has 5 rings (SSSR count). The Balaban J connectivity index is 1.38. The molecule has 1 aromatic heterocycles. The van der Waals surface area contributed by atoms with E-state index in [-0.39, 0.29) is 18.2 Å².